The molecule has 2 aromatic heterocycles. The summed E-state index contributed by atoms with van der Waals surface area (Å²) in [7, 11) is -1.81. The van der Waals surface area contributed by atoms with E-state index in [2.05, 4.69) is 25.0 Å². The molecule has 0 aliphatic heterocycles. The van der Waals surface area contributed by atoms with E-state index in [1.807, 2.05) is 24.3 Å². The van der Waals surface area contributed by atoms with Crippen LogP contribution in [0.4, 0.5) is 5.95 Å². The van der Waals surface area contributed by atoms with Gasteiger partial charge < -0.3 is 10.1 Å². The molecule has 0 aliphatic carbocycles. The highest BCUT2D eigenvalue weighted by Crippen LogP contribution is 2.21. The average Bonchev–Trinajstić information content (AvgIpc) is 2.73. The van der Waals surface area contributed by atoms with Crippen molar-refractivity contribution in [2.75, 3.05) is 18.1 Å². The molecule has 0 bridgehead atoms. The number of hydrogen-bond acceptors (Lipinski definition) is 7. The Morgan fingerprint density at radius 1 is 1.03 bits per heavy atom. The molecule has 152 valence electrons. The third-order valence-electron chi connectivity index (χ3n) is 3.99. The zero-order valence-corrected chi connectivity index (χ0v) is 17.2. The van der Waals surface area contributed by atoms with Gasteiger partial charge >= 0.3 is 0 Å². The van der Waals surface area contributed by atoms with Crippen LogP contribution in [0.3, 0.4) is 0 Å². The van der Waals surface area contributed by atoms with E-state index < -0.39 is 10.0 Å². The smallest absolute Gasteiger partial charge is 0.222 e. The highest BCUT2D eigenvalue weighted by Gasteiger charge is 2.07. The molecule has 1 aromatic carbocycles. The van der Waals surface area contributed by atoms with Gasteiger partial charge in [-0.25, -0.2) is 28.1 Å². The van der Waals surface area contributed by atoms with Gasteiger partial charge in [0, 0.05) is 18.8 Å². The molecule has 0 aliphatic rings. The molecule has 0 saturated carbocycles. The van der Waals surface area contributed by atoms with Crippen molar-refractivity contribution < 1.29 is 13.2 Å². The second-order valence-electron chi connectivity index (χ2n) is 6.10. The normalized spacial score (nSPS) is 11.2. The molecule has 3 rings (SSSR count). The molecule has 3 aromatic rings. The van der Waals surface area contributed by atoms with E-state index in [9.17, 15) is 8.42 Å². The van der Waals surface area contributed by atoms with Crippen LogP contribution in [-0.2, 0) is 23.0 Å². The fourth-order valence-corrected chi connectivity index (χ4v) is 3.21. The number of sulfonamides is 1. The van der Waals surface area contributed by atoms with Crippen LogP contribution in [0.2, 0.25) is 5.02 Å². The van der Waals surface area contributed by atoms with Crippen molar-refractivity contribution in [3.05, 3.63) is 71.1 Å². The quantitative estimate of drug-likeness (QED) is 0.534. The summed E-state index contributed by atoms with van der Waals surface area (Å²) in [6.45, 7) is 0.499. The summed E-state index contributed by atoms with van der Waals surface area (Å²) in [6, 6.07) is 10.9. The minimum Gasteiger partial charge on any atom is -0.439 e. The van der Waals surface area contributed by atoms with Gasteiger partial charge in [-0.2, -0.15) is 0 Å². The maximum Gasteiger partial charge on any atom is 0.222 e. The van der Waals surface area contributed by atoms with Crippen molar-refractivity contribution in [2.24, 2.45) is 0 Å². The molecule has 0 amide bonds. The first-order valence-corrected chi connectivity index (χ1v) is 10.8. The number of rotatable bonds is 9. The molecule has 29 heavy (non-hydrogen) atoms. The summed E-state index contributed by atoms with van der Waals surface area (Å²) in [6.07, 6.45) is 5.13. The molecule has 0 atom stereocenters. The Hall–Kier alpha value is -2.75. The predicted molar refractivity (Wildman–Crippen MR) is 112 cm³/mol. The van der Waals surface area contributed by atoms with Crippen molar-refractivity contribution in [2.45, 2.75) is 13.0 Å². The van der Waals surface area contributed by atoms with E-state index in [0.717, 1.165) is 11.1 Å². The first-order valence-electron chi connectivity index (χ1n) is 8.78. The number of aryl methyl sites for hydroxylation is 1. The Morgan fingerprint density at radius 2 is 1.76 bits per heavy atom. The summed E-state index contributed by atoms with van der Waals surface area (Å²) in [5.74, 6) is 1.58. The topological polar surface area (TPSA) is 106 Å². The Balaban J connectivity index is 1.57. The molecule has 2 N–H and O–H groups in total. The summed E-state index contributed by atoms with van der Waals surface area (Å²) in [5, 5.41) is 3.58. The third-order valence-corrected chi connectivity index (χ3v) is 5.55. The third kappa shape index (κ3) is 6.67. The second kappa shape index (κ2) is 9.64. The van der Waals surface area contributed by atoms with E-state index in [1.165, 1.54) is 19.4 Å². The van der Waals surface area contributed by atoms with E-state index in [-0.39, 0.29) is 5.75 Å². The van der Waals surface area contributed by atoms with Crippen LogP contribution in [0.25, 0.3) is 0 Å². The van der Waals surface area contributed by atoms with Crippen LogP contribution in [0.15, 0.2) is 55.0 Å². The van der Waals surface area contributed by atoms with Crippen molar-refractivity contribution >= 4 is 27.6 Å². The van der Waals surface area contributed by atoms with Crippen LogP contribution < -0.4 is 14.8 Å². The molecular formula is C19H20ClN5O3S. The minimum absolute atomic E-state index is 0.0393. The zero-order valence-electron chi connectivity index (χ0n) is 15.7. The van der Waals surface area contributed by atoms with Gasteiger partial charge in [-0.3, -0.25) is 0 Å². The van der Waals surface area contributed by atoms with E-state index >= 15 is 0 Å². The zero-order chi connectivity index (χ0) is 20.7. The highest BCUT2D eigenvalue weighted by atomic mass is 35.5. The van der Waals surface area contributed by atoms with Gasteiger partial charge in [-0.15, -0.1) is 0 Å². The molecule has 0 unspecified atom stereocenters. The Morgan fingerprint density at radius 3 is 2.45 bits per heavy atom. The number of benzene rings is 1. The summed E-state index contributed by atoms with van der Waals surface area (Å²) >= 11 is 5.77. The fourth-order valence-electron chi connectivity index (χ4n) is 2.40. The molecule has 2 heterocycles. The highest BCUT2D eigenvalue weighted by molar-refractivity contribution is 7.89. The van der Waals surface area contributed by atoms with Gasteiger partial charge in [-0.05, 0) is 42.8 Å². The minimum atomic E-state index is -3.22. The molecule has 0 radical (unpaired) electrons. The monoisotopic (exact) mass is 433 g/mol. The number of anilines is 1. The van der Waals surface area contributed by atoms with Gasteiger partial charge in [0.1, 0.15) is 5.75 Å². The van der Waals surface area contributed by atoms with Gasteiger partial charge in [-0.1, -0.05) is 23.7 Å². The van der Waals surface area contributed by atoms with Crippen LogP contribution in [0.1, 0.15) is 11.1 Å². The lowest BCUT2D eigenvalue weighted by atomic mass is 10.2. The number of pyridine rings is 1. The van der Waals surface area contributed by atoms with E-state index in [4.69, 9.17) is 16.3 Å². The molecule has 0 saturated heterocycles. The van der Waals surface area contributed by atoms with Gasteiger partial charge in [0.15, 0.2) is 0 Å². The molecule has 8 nitrogen and oxygen atoms in total. The summed E-state index contributed by atoms with van der Waals surface area (Å²) in [4.78, 5) is 12.4. The number of aromatic nitrogens is 3. The summed E-state index contributed by atoms with van der Waals surface area (Å²) in [5.41, 5.74) is 1.85. The van der Waals surface area contributed by atoms with Crippen molar-refractivity contribution in [3.63, 3.8) is 0 Å². The lowest BCUT2D eigenvalue weighted by Gasteiger charge is -2.09. The first kappa shape index (κ1) is 21.0. The van der Waals surface area contributed by atoms with Crippen molar-refractivity contribution in [1.82, 2.24) is 19.7 Å². The first-order chi connectivity index (χ1) is 13.9. The largest absolute Gasteiger partial charge is 0.439 e. The van der Waals surface area contributed by atoms with Crippen molar-refractivity contribution in [3.8, 4) is 11.6 Å². The Bertz CT molecular complexity index is 1040. The van der Waals surface area contributed by atoms with Crippen LogP contribution in [-0.4, -0.2) is 36.2 Å². The number of nitrogens with one attached hydrogen (secondary N) is 2. The Kier molecular flexibility index (Phi) is 6.97. The van der Waals surface area contributed by atoms with Gasteiger partial charge in [0.2, 0.25) is 21.9 Å². The maximum atomic E-state index is 11.5. The number of hydrogen-bond donors (Lipinski definition) is 2. The van der Waals surface area contributed by atoms with Gasteiger partial charge in [0.05, 0.1) is 23.2 Å². The second-order valence-corrected chi connectivity index (χ2v) is 8.58. The van der Waals surface area contributed by atoms with Crippen molar-refractivity contribution in [1.29, 1.82) is 0 Å². The lowest BCUT2D eigenvalue weighted by molar-refractivity contribution is 0.462. The molecule has 0 spiro atoms. The SMILES string of the molecule is CNS(=O)(=O)CCc1ccc(Oc2cc(CNc3ncc(Cl)cn3)ccn2)cc1. The standard InChI is InChI=1S/C19H20ClN5O3S/c1-21-29(26,27)9-7-14-2-4-17(5-3-14)28-18-10-15(6-8-22-18)11-23-19-24-12-16(20)13-25-19/h2-6,8,10,12-13,21H,7,9,11H2,1H3,(H,23,24,25). The van der Waals surface area contributed by atoms with Crippen LogP contribution in [0, 0.1) is 0 Å². The predicted octanol–water partition coefficient (Wildman–Crippen LogP) is 3.02. The van der Waals surface area contributed by atoms with Crippen LogP contribution in [0.5, 0.6) is 11.6 Å². The number of ether oxygens (including phenoxy) is 1. The lowest BCUT2D eigenvalue weighted by Crippen LogP contribution is -2.23. The van der Waals surface area contributed by atoms with Crippen LogP contribution >= 0.6 is 11.6 Å². The average molecular weight is 434 g/mol. The molecule has 10 heteroatoms. The number of nitrogens with zero attached hydrogens (tertiary/aromatic N) is 3. The summed E-state index contributed by atoms with van der Waals surface area (Å²) < 4.78 is 31.1. The van der Waals surface area contributed by atoms with E-state index in [0.29, 0.717) is 35.6 Å². The Labute approximate surface area is 174 Å². The number of halogens is 1. The maximum absolute atomic E-state index is 11.5. The fraction of sp³-hybridized carbons (Fsp3) is 0.211. The molecule has 0 fully saturated rings. The van der Waals surface area contributed by atoms with Gasteiger partial charge in [0.25, 0.3) is 0 Å². The molecular weight excluding hydrogens is 414 g/mol. The van der Waals surface area contributed by atoms with E-state index in [1.54, 1.807) is 18.3 Å².